The lowest BCUT2D eigenvalue weighted by molar-refractivity contribution is 0.147. The second kappa shape index (κ2) is 7.24. The van der Waals surface area contributed by atoms with Gasteiger partial charge in [-0.1, -0.05) is 11.6 Å². The van der Waals surface area contributed by atoms with Gasteiger partial charge in [0.05, 0.1) is 12.6 Å². The molecule has 7 nitrogen and oxygen atoms in total. The van der Waals surface area contributed by atoms with Crippen molar-refractivity contribution in [1.82, 2.24) is 15.2 Å². The maximum Gasteiger partial charge on any atom is 0.280 e. The number of hydrogen-bond donors (Lipinski definition) is 2. The number of pyridine rings is 1. The van der Waals surface area contributed by atoms with Crippen LogP contribution in [0.15, 0.2) is 29.3 Å². The third-order valence-electron chi connectivity index (χ3n) is 3.56. The molecular weight excluding hydrogens is 409 g/mol. The lowest BCUT2D eigenvalue weighted by atomic mass is 10.2. The van der Waals surface area contributed by atoms with Crippen LogP contribution >= 0.6 is 11.6 Å². The molecule has 27 heavy (non-hydrogen) atoms. The van der Waals surface area contributed by atoms with Crippen LogP contribution in [0, 0.1) is 5.82 Å². The van der Waals surface area contributed by atoms with Crippen LogP contribution in [-0.4, -0.2) is 37.1 Å². The van der Waals surface area contributed by atoms with Gasteiger partial charge in [0.15, 0.2) is 16.7 Å². The first-order chi connectivity index (χ1) is 12.7. The predicted molar refractivity (Wildman–Crippen MR) is 92.4 cm³/mol. The summed E-state index contributed by atoms with van der Waals surface area (Å²) in [5.74, 6) is -2.13. The predicted octanol–water partition coefficient (Wildman–Crippen LogP) is 3.37. The Hall–Kier alpha value is -2.53. The first-order valence-corrected chi connectivity index (χ1v) is 9.25. The van der Waals surface area contributed by atoms with Gasteiger partial charge < -0.3 is 4.74 Å². The summed E-state index contributed by atoms with van der Waals surface area (Å²) in [6.45, 7) is 0. The third-order valence-corrected chi connectivity index (χ3v) is 5.11. The lowest BCUT2D eigenvalue weighted by Gasteiger charge is -2.12. The van der Waals surface area contributed by atoms with Crippen LogP contribution in [-0.2, 0) is 16.4 Å². The van der Waals surface area contributed by atoms with Gasteiger partial charge in [-0.15, -0.1) is 0 Å². The number of fused-ring (bicyclic) bond motifs is 1. The Kier molecular flexibility index (Phi) is 5.16. The molecule has 0 fully saturated rings. The Morgan fingerprint density at radius 3 is 2.74 bits per heavy atom. The fraction of sp³-hybridized carbons (Fsp3) is 0.200. The van der Waals surface area contributed by atoms with Crippen molar-refractivity contribution in [2.75, 3.05) is 11.8 Å². The van der Waals surface area contributed by atoms with Crippen LogP contribution in [0.3, 0.4) is 0 Å². The molecule has 0 spiro atoms. The van der Waals surface area contributed by atoms with Crippen molar-refractivity contribution in [2.45, 2.75) is 17.9 Å². The van der Waals surface area contributed by atoms with E-state index < -0.39 is 34.5 Å². The monoisotopic (exact) mass is 420 g/mol. The maximum absolute atomic E-state index is 14.2. The van der Waals surface area contributed by atoms with Gasteiger partial charge in [-0.25, -0.2) is 13.2 Å². The number of benzene rings is 1. The van der Waals surface area contributed by atoms with E-state index in [1.54, 1.807) is 0 Å². The van der Waals surface area contributed by atoms with Crippen LogP contribution < -0.4 is 9.46 Å². The molecule has 2 aromatic heterocycles. The maximum atomic E-state index is 14.2. The SMILES string of the molecule is COc1nc(NS(=O)(=O)c2[nH]nc3cc(Cl)ccc23)c(F)cc1CC(F)F. The number of aromatic amines is 1. The summed E-state index contributed by atoms with van der Waals surface area (Å²) < 4.78 is 71.4. The van der Waals surface area contributed by atoms with Gasteiger partial charge in [0.1, 0.15) is 0 Å². The quantitative estimate of drug-likeness (QED) is 0.637. The highest BCUT2D eigenvalue weighted by atomic mass is 35.5. The minimum absolute atomic E-state index is 0.186. The number of nitrogens with zero attached hydrogens (tertiary/aromatic N) is 2. The Morgan fingerprint density at radius 1 is 1.33 bits per heavy atom. The fourth-order valence-corrected chi connectivity index (χ4v) is 3.71. The molecule has 0 saturated heterocycles. The summed E-state index contributed by atoms with van der Waals surface area (Å²) in [6, 6.07) is 5.11. The molecule has 0 aliphatic heterocycles. The smallest absolute Gasteiger partial charge is 0.280 e. The molecule has 0 radical (unpaired) electrons. The number of alkyl halides is 2. The second-order valence-corrected chi connectivity index (χ2v) is 7.46. The minimum Gasteiger partial charge on any atom is -0.481 e. The fourth-order valence-electron chi connectivity index (χ4n) is 2.41. The first-order valence-electron chi connectivity index (χ1n) is 7.39. The first kappa shape index (κ1) is 19.2. The standard InChI is InChI=1S/C15H12ClF3N4O3S/c1-26-14-7(5-12(18)19)4-10(17)13(20-14)23-27(24,25)15-9-3-2-8(16)6-11(9)21-22-15/h2-4,6,12H,5H2,1H3,(H,20,23)(H,21,22). The van der Waals surface area contributed by atoms with Gasteiger partial charge in [-0.3, -0.25) is 9.82 Å². The van der Waals surface area contributed by atoms with Gasteiger partial charge in [0, 0.05) is 22.4 Å². The minimum atomic E-state index is -4.31. The number of methoxy groups -OCH3 is 1. The van der Waals surface area contributed by atoms with E-state index in [4.69, 9.17) is 16.3 Å². The summed E-state index contributed by atoms with van der Waals surface area (Å²) >= 11 is 5.83. The third kappa shape index (κ3) is 3.93. The number of ether oxygens (including phenoxy) is 1. The van der Waals surface area contributed by atoms with Crippen LogP contribution in [0.25, 0.3) is 10.9 Å². The van der Waals surface area contributed by atoms with Crippen molar-refractivity contribution in [3.8, 4) is 5.88 Å². The van der Waals surface area contributed by atoms with Crippen molar-refractivity contribution < 1.29 is 26.3 Å². The second-order valence-electron chi connectivity index (χ2n) is 5.40. The van der Waals surface area contributed by atoms with Crippen LogP contribution in [0.2, 0.25) is 5.02 Å². The highest BCUT2D eigenvalue weighted by Gasteiger charge is 2.24. The summed E-state index contributed by atoms with van der Waals surface area (Å²) in [6.07, 6.45) is -3.53. The number of H-pyrrole nitrogens is 1. The van der Waals surface area contributed by atoms with Crippen LogP contribution in [0.1, 0.15) is 5.56 Å². The molecule has 144 valence electrons. The number of nitrogens with one attached hydrogen (secondary N) is 2. The van der Waals surface area contributed by atoms with Crippen molar-refractivity contribution in [3.05, 3.63) is 40.7 Å². The largest absolute Gasteiger partial charge is 0.481 e. The molecule has 3 rings (SSSR count). The number of anilines is 1. The van der Waals surface area contributed by atoms with Crippen LogP contribution in [0.5, 0.6) is 5.88 Å². The summed E-state index contributed by atoms with van der Waals surface area (Å²) in [5.41, 5.74) is 0.107. The van der Waals surface area contributed by atoms with E-state index in [-0.39, 0.29) is 21.9 Å². The van der Waals surface area contributed by atoms with E-state index in [1.165, 1.54) is 18.2 Å². The van der Waals surface area contributed by atoms with Gasteiger partial charge in [0.25, 0.3) is 10.0 Å². The molecule has 0 unspecified atom stereocenters. The van der Waals surface area contributed by atoms with E-state index in [2.05, 4.69) is 15.2 Å². The van der Waals surface area contributed by atoms with Crippen LogP contribution in [0.4, 0.5) is 19.0 Å². The average Bonchev–Trinajstić information content (AvgIpc) is 3.00. The highest BCUT2D eigenvalue weighted by molar-refractivity contribution is 7.92. The summed E-state index contributed by atoms with van der Waals surface area (Å²) in [7, 11) is -3.16. The van der Waals surface area contributed by atoms with E-state index >= 15 is 0 Å². The van der Waals surface area contributed by atoms with E-state index in [0.29, 0.717) is 10.5 Å². The van der Waals surface area contributed by atoms with Crippen molar-refractivity contribution >= 4 is 38.3 Å². The number of rotatable bonds is 6. The molecule has 0 aliphatic rings. The summed E-state index contributed by atoms with van der Waals surface area (Å²) in [5, 5.41) is 6.45. The van der Waals surface area contributed by atoms with Gasteiger partial charge in [-0.2, -0.15) is 18.5 Å². The Balaban J connectivity index is 2.00. The van der Waals surface area contributed by atoms with Gasteiger partial charge in [-0.05, 0) is 24.3 Å². The van der Waals surface area contributed by atoms with E-state index in [0.717, 1.165) is 13.2 Å². The molecule has 2 N–H and O–H groups in total. The molecule has 0 saturated carbocycles. The van der Waals surface area contributed by atoms with E-state index in [1.807, 2.05) is 4.72 Å². The van der Waals surface area contributed by atoms with E-state index in [9.17, 15) is 21.6 Å². The van der Waals surface area contributed by atoms with Crippen molar-refractivity contribution in [3.63, 3.8) is 0 Å². The zero-order chi connectivity index (χ0) is 19.8. The summed E-state index contributed by atoms with van der Waals surface area (Å²) in [4.78, 5) is 3.66. The Labute approximate surface area is 156 Å². The number of hydrogen-bond acceptors (Lipinski definition) is 5. The molecule has 2 heterocycles. The number of sulfonamides is 1. The van der Waals surface area contributed by atoms with Gasteiger partial charge >= 0.3 is 0 Å². The highest BCUT2D eigenvalue weighted by Crippen LogP contribution is 2.28. The Bertz CT molecular complexity index is 1110. The number of aromatic nitrogens is 3. The topological polar surface area (TPSA) is 97.0 Å². The molecular formula is C15H12ClF3N4O3S. The van der Waals surface area contributed by atoms with Gasteiger partial charge in [0.2, 0.25) is 12.3 Å². The molecule has 0 atom stereocenters. The molecule has 0 aliphatic carbocycles. The molecule has 3 aromatic rings. The molecule has 12 heteroatoms. The molecule has 1 aromatic carbocycles. The zero-order valence-corrected chi connectivity index (χ0v) is 15.2. The average molecular weight is 421 g/mol. The number of halogens is 4. The Morgan fingerprint density at radius 2 is 2.07 bits per heavy atom. The normalized spacial score (nSPS) is 11.9. The zero-order valence-electron chi connectivity index (χ0n) is 13.6. The molecule has 0 amide bonds. The lowest BCUT2D eigenvalue weighted by Crippen LogP contribution is -2.17. The molecule has 0 bridgehead atoms. The van der Waals surface area contributed by atoms with Crippen molar-refractivity contribution in [2.24, 2.45) is 0 Å². The van der Waals surface area contributed by atoms with Crippen molar-refractivity contribution in [1.29, 1.82) is 0 Å².